The van der Waals surface area contributed by atoms with Crippen molar-refractivity contribution in [3.63, 3.8) is 0 Å². The Morgan fingerprint density at radius 1 is 1.39 bits per heavy atom. The van der Waals surface area contributed by atoms with Crippen LogP contribution in [0, 0.1) is 5.92 Å². The number of rotatable bonds is 5. The summed E-state index contributed by atoms with van der Waals surface area (Å²) in [6.07, 6.45) is 9.39. The molecule has 18 heavy (non-hydrogen) atoms. The molecule has 0 radical (unpaired) electrons. The van der Waals surface area contributed by atoms with E-state index in [1.807, 2.05) is 12.5 Å². The summed E-state index contributed by atoms with van der Waals surface area (Å²) in [5, 5.41) is 3.61. The van der Waals surface area contributed by atoms with Crippen molar-refractivity contribution in [1.82, 2.24) is 19.8 Å². The summed E-state index contributed by atoms with van der Waals surface area (Å²) in [7, 11) is 2.23. The molecule has 1 aromatic heterocycles. The maximum atomic E-state index is 4.28. The number of aromatic nitrogens is 2. The maximum absolute atomic E-state index is 4.28. The van der Waals surface area contributed by atoms with E-state index in [0.717, 1.165) is 25.0 Å². The molecule has 100 valence electrons. The Morgan fingerprint density at radius 2 is 2.28 bits per heavy atom. The zero-order valence-electron chi connectivity index (χ0n) is 11.3. The van der Waals surface area contributed by atoms with Gasteiger partial charge >= 0.3 is 0 Å². The zero-order valence-corrected chi connectivity index (χ0v) is 11.3. The molecule has 0 amide bonds. The van der Waals surface area contributed by atoms with E-state index in [2.05, 4.69) is 26.8 Å². The molecule has 1 saturated carbocycles. The van der Waals surface area contributed by atoms with Crippen molar-refractivity contribution >= 4 is 0 Å². The molecule has 4 nitrogen and oxygen atoms in total. The number of nitrogens with zero attached hydrogens (tertiary/aromatic N) is 3. The molecule has 1 aliphatic heterocycles. The van der Waals surface area contributed by atoms with Gasteiger partial charge < -0.3 is 14.8 Å². The van der Waals surface area contributed by atoms with Crippen molar-refractivity contribution in [3.8, 4) is 0 Å². The van der Waals surface area contributed by atoms with Crippen molar-refractivity contribution in [1.29, 1.82) is 0 Å². The first kappa shape index (κ1) is 12.2. The first-order chi connectivity index (χ1) is 8.83. The normalized spacial score (nSPS) is 25.5. The van der Waals surface area contributed by atoms with Crippen LogP contribution in [0.5, 0.6) is 0 Å². The fourth-order valence-electron chi connectivity index (χ4n) is 2.99. The molecular formula is C14H24N4. The maximum Gasteiger partial charge on any atom is 0.0951 e. The van der Waals surface area contributed by atoms with E-state index in [-0.39, 0.29) is 0 Å². The predicted molar refractivity (Wildman–Crippen MR) is 72.4 cm³/mol. The molecular weight excluding hydrogens is 224 g/mol. The number of hydrogen-bond donors (Lipinski definition) is 1. The smallest absolute Gasteiger partial charge is 0.0951 e. The van der Waals surface area contributed by atoms with Crippen LogP contribution in [0.2, 0.25) is 0 Å². The molecule has 1 unspecified atom stereocenters. The van der Waals surface area contributed by atoms with Crippen LogP contribution in [0.25, 0.3) is 0 Å². The van der Waals surface area contributed by atoms with E-state index in [1.54, 1.807) is 0 Å². The standard InChI is InChI=1S/C14H24N4/c1-17-6-2-3-12(10-17)7-15-8-14-9-16-11-18(14)13-4-5-13/h9,11-13,15H,2-8,10H2,1H3. The van der Waals surface area contributed by atoms with Crippen LogP contribution in [0.3, 0.4) is 0 Å². The first-order valence-electron chi connectivity index (χ1n) is 7.23. The second-order valence-electron chi connectivity index (χ2n) is 5.92. The van der Waals surface area contributed by atoms with E-state index in [4.69, 9.17) is 0 Å². The van der Waals surface area contributed by atoms with Gasteiger partial charge in [0.15, 0.2) is 0 Å². The summed E-state index contributed by atoms with van der Waals surface area (Å²) in [5.74, 6) is 0.820. The Kier molecular flexibility index (Phi) is 3.66. The van der Waals surface area contributed by atoms with E-state index in [1.165, 1.54) is 44.5 Å². The van der Waals surface area contributed by atoms with Crippen LogP contribution in [-0.2, 0) is 6.54 Å². The molecule has 1 aliphatic carbocycles. The van der Waals surface area contributed by atoms with E-state index < -0.39 is 0 Å². The third-order valence-corrected chi connectivity index (χ3v) is 4.15. The molecule has 1 N–H and O–H groups in total. The Labute approximate surface area is 109 Å². The molecule has 3 rings (SSSR count). The summed E-state index contributed by atoms with van der Waals surface area (Å²) in [4.78, 5) is 6.72. The summed E-state index contributed by atoms with van der Waals surface area (Å²) in [6.45, 7) is 4.62. The largest absolute Gasteiger partial charge is 0.330 e. The molecule has 1 saturated heterocycles. The number of piperidine rings is 1. The molecule has 2 heterocycles. The number of likely N-dealkylation sites (tertiary alicyclic amines) is 1. The van der Waals surface area contributed by atoms with Gasteiger partial charge in [-0.05, 0) is 51.7 Å². The molecule has 0 aromatic carbocycles. The van der Waals surface area contributed by atoms with Crippen molar-refractivity contribution in [2.45, 2.75) is 38.3 Å². The highest BCUT2D eigenvalue weighted by atomic mass is 15.1. The first-order valence-corrected chi connectivity index (χ1v) is 7.23. The fraction of sp³-hybridized carbons (Fsp3) is 0.786. The van der Waals surface area contributed by atoms with Gasteiger partial charge in [0.25, 0.3) is 0 Å². The van der Waals surface area contributed by atoms with Gasteiger partial charge in [-0.15, -0.1) is 0 Å². The van der Waals surface area contributed by atoms with E-state index in [9.17, 15) is 0 Å². The summed E-state index contributed by atoms with van der Waals surface area (Å²) < 4.78 is 2.35. The minimum atomic E-state index is 0.741. The van der Waals surface area contributed by atoms with Gasteiger partial charge in [0.1, 0.15) is 0 Å². The number of hydrogen-bond acceptors (Lipinski definition) is 3. The van der Waals surface area contributed by atoms with Crippen LogP contribution < -0.4 is 5.32 Å². The van der Waals surface area contributed by atoms with Gasteiger partial charge in [0.05, 0.1) is 12.0 Å². The molecule has 0 bridgehead atoms. The molecule has 4 heteroatoms. The number of imidazole rings is 1. The quantitative estimate of drug-likeness (QED) is 0.860. The predicted octanol–water partition coefficient (Wildman–Crippen LogP) is 1.65. The third kappa shape index (κ3) is 2.93. The minimum absolute atomic E-state index is 0.741. The lowest BCUT2D eigenvalue weighted by atomic mass is 9.98. The summed E-state index contributed by atoms with van der Waals surface area (Å²) >= 11 is 0. The van der Waals surface area contributed by atoms with Crippen LogP contribution in [-0.4, -0.2) is 41.1 Å². The lowest BCUT2D eigenvalue weighted by Crippen LogP contribution is -2.37. The fourth-order valence-corrected chi connectivity index (χ4v) is 2.99. The van der Waals surface area contributed by atoms with Gasteiger partial charge in [0.2, 0.25) is 0 Å². The number of nitrogens with one attached hydrogen (secondary N) is 1. The highest BCUT2D eigenvalue weighted by molar-refractivity contribution is 5.03. The van der Waals surface area contributed by atoms with Crippen LogP contribution in [0.4, 0.5) is 0 Å². The van der Waals surface area contributed by atoms with Crippen LogP contribution >= 0.6 is 0 Å². The summed E-state index contributed by atoms with van der Waals surface area (Å²) in [5.41, 5.74) is 1.35. The average molecular weight is 248 g/mol. The molecule has 1 aromatic rings. The minimum Gasteiger partial charge on any atom is -0.330 e. The van der Waals surface area contributed by atoms with E-state index >= 15 is 0 Å². The van der Waals surface area contributed by atoms with Gasteiger partial charge in [0, 0.05) is 25.3 Å². The lowest BCUT2D eigenvalue weighted by molar-refractivity contribution is 0.206. The van der Waals surface area contributed by atoms with E-state index in [0.29, 0.717) is 0 Å². The second-order valence-corrected chi connectivity index (χ2v) is 5.92. The van der Waals surface area contributed by atoms with Crippen molar-refractivity contribution in [3.05, 3.63) is 18.2 Å². The topological polar surface area (TPSA) is 33.1 Å². The monoisotopic (exact) mass is 248 g/mol. The van der Waals surface area contributed by atoms with Gasteiger partial charge in [-0.25, -0.2) is 4.98 Å². The highest BCUT2D eigenvalue weighted by Crippen LogP contribution is 2.35. The summed E-state index contributed by atoms with van der Waals surface area (Å²) in [6, 6.07) is 0.741. The average Bonchev–Trinajstić information content (AvgIpc) is 3.10. The molecule has 0 spiro atoms. The Bertz CT molecular complexity index is 383. The van der Waals surface area contributed by atoms with Gasteiger partial charge in [-0.3, -0.25) is 0 Å². The zero-order chi connectivity index (χ0) is 12.4. The Morgan fingerprint density at radius 3 is 3.06 bits per heavy atom. The highest BCUT2D eigenvalue weighted by Gasteiger charge is 2.25. The Balaban J connectivity index is 1.45. The Hall–Kier alpha value is -0.870. The lowest BCUT2D eigenvalue weighted by Gasteiger charge is -2.29. The van der Waals surface area contributed by atoms with Crippen molar-refractivity contribution in [2.75, 3.05) is 26.7 Å². The SMILES string of the molecule is CN1CCCC(CNCc2cncn2C2CC2)C1. The van der Waals surface area contributed by atoms with Crippen molar-refractivity contribution in [2.24, 2.45) is 5.92 Å². The van der Waals surface area contributed by atoms with Crippen LogP contribution in [0.15, 0.2) is 12.5 Å². The molecule has 2 fully saturated rings. The van der Waals surface area contributed by atoms with Crippen LogP contribution in [0.1, 0.15) is 37.4 Å². The molecule has 2 aliphatic rings. The third-order valence-electron chi connectivity index (χ3n) is 4.15. The molecule has 1 atom stereocenters. The van der Waals surface area contributed by atoms with Gasteiger partial charge in [-0.2, -0.15) is 0 Å². The van der Waals surface area contributed by atoms with Gasteiger partial charge in [-0.1, -0.05) is 0 Å². The second kappa shape index (κ2) is 5.41. The van der Waals surface area contributed by atoms with Crippen molar-refractivity contribution < 1.29 is 0 Å².